The number of nitrogens with zero attached hydrogens (tertiary/aromatic N) is 6. The Morgan fingerprint density at radius 2 is 1.83 bits per heavy atom. The second kappa shape index (κ2) is 8.96. The zero-order valence-electron chi connectivity index (χ0n) is 21.1. The van der Waals surface area contributed by atoms with Gasteiger partial charge in [-0.3, -0.25) is 4.68 Å². The summed E-state index contributed by atoms with van der Waals surface area (Å²) < 4.78 is 7.02. The average molecular weight is 476 g/mol. The van der Waals surface area contributed by atoms with Crippen molar-refractivity contribution in [2.24, 2.45) is 7.05 Å². The molecule has 2 aromatic heterocycles. The van der Waals surface area contributed by atoms with Gasteiger partial charge < -0.3 is 19.9 Å². The molecule has 3 aromatic rings. The van der Waals surface area contributed by atoms with E-state index in [4.69, 9.17) is 9.72 Å². The first-order chi connectivity index (χ1) is 16.8. The molecule has 1 saturated heterocycles. The first-order valence-corrected chi connectivity index (χ1v) is 12.2. The lowest BCUT2D eigenvalue weighted by Crippen LogP contribution is -2.44. The van der Waals surface area contributed by atoms with Crippen molar-refractivity contribution < 1.29 is 9.53 Å². The molecule has 0 unspecified atom stereocenters. The number of ether oxygens (including phenoxy) is 1. The molecule has 0 radical (unpaired) electrons. The number of anilines is 3. The molecular weight excluding hydrogens is 442 g/mol. The molecule has 1 fully saturated rings. The molecule has 3 heterocycles. The number of hydrogen-bond acceptors (Lipinski definition) is 8. The Morgan fingerprint density at radius 3 is 2.51 bits per heavy atom. The molecule has 0 bridgehead atoms. The summed E-state index contributed by atoms with van der Waals surface area (Å²) in [7, 11) is 4.01. The van der Waals surface area contributed by atoms with E-state index >= 15 is 0 Å². The molecule has 2 aliphatic rings. The normalized spacial score (nSPS) is 17.0. The fourth-order valence-electron chi connectivity index (χ4n) is 5.09. The maximum absolute atomic E-state index is 12.6. The first-order valence-electron chi connectivity index (χ1n) is 12.2. The first kappa shape index (κ1) is 23.3. The molecule has 184 valence electrons. The molecule has 9 nitrogen and oxygen atoms in total. The van der Waals surface area contributed by atoms with E-state index in [1.165, 1.54) is 5.69 Å². The number of benzene rings is 1. The molecule has 5 rings (SSSR count). The van der Waals surface area contributed by atoms with Crippen LogP contribution >= 0.6 is 0 Å². The van der Waals surface area contributed by atoms with Crippen molar-refractivity contribution in [1.82, 2.24) is 24.6 Å². The maximum atomic E-state index is 12.6. The summed E-state index contributed by atoms with van der Waals surface area (Å²) in [6, 6.07) is 8.40. The number of aromatic nitrogens is 4. The van der Waals surface area contributed by atoms with Gasteiger partial charge in [0.25, 0.3) is 0 Å². The predicted octanol–water partition coefficient (Wildman–Crippen LogP) is 3.38. The number of piperazine rings is 1. The van der Waals surface area contributed by atoms with Crippen LogP contribution in [0.5, 0.6) is 0 Å². The molecule has 0 spiro atoms. The Bertz CT molecular complexity index is 1240. The van der Waals surface area contributed by atoms with Gasteiger partial charge in [0.2, 0.25) is 5.95 Å². The minimum atomic E-state index is -0.395. The van der Waals surface area contributed by atoms with Crippen LogP contribution in [0.4, 0.5) is 17.3 Å². The van der Waals surface area contributed by atoms with Gasteiger partial charge in [-0.15, -0.1) is 0 Å². The van der Waals surface area contributed by atoms with Gasteiger partial charge in [0, 0.05) is 56.4 Å². The van der Waals surface area contributed by atoms with Crippen LogP contribution in [0.1, 0.15) is 42.4 Å². The number of carbonyl (C=O) groups is 1. The summed E-state index contributed by atoms with van der Waals surface area (Å²) in [5, 5.41) is 7.87. The molecule has 1 aromatic carbocycles. The molecular formula is C26H33N7O2. The van der Waals surface area contributed by atoms with Gasteiger partial charge in [-0.2, -0.15) is 5.10 Å². The molecule has 0 saturated carbocycles. The number of likely N-dealkylation sites (N-methyl/N-ethyl adjacent to an activating group) is 1. The molecule has 0 atom stereocenters. The molecule has 35 heavy (non-hydrogen) atoms. The highest BCUT2D eigenvalue weighted by Gasteiger charge is 2.40. The minimum Gasteiger partial charge on any atom is -0.461 e. The lowest BCUT2D eigenvalue weighted by atomic mass is 9.73. The summed E-state index contributed by atoms with van der Waals surface area (Å²) in [6.07, 6.45) is 2.60. The number of hydrogen-bond donors (Lipinski definition) is 1. The minimum absolute atomic E-state index is 0.296. The highest BCUT2D eigenvalue weighted by Crippen LogP contribution is 2.44. The lowest BCUT2D eigenvalue weighted by molar-refractivity contribution is 0.0515. The zero-order chi connectivity index (χ0) is 24.7. The van der Waals surface area contributed by atoms with Gasteiger partial charge in [0.05, 0.1) is 18.0 Å². The summed E-state index contributed by atoms with van der Waals surface area (Å²) in [4.78, 5) is 26.9. The van der Waals surface area contributed by atoms with Crippen molar-refractivity contribution in [1.29, 1.82) is 0 Å². The van der Waals surface area contributed by atoms with E-state index < -0.39 is 5.97 Å². The van der Waals surface area contributed by atoms with E-state index in [1.54, 1.807) is 11.6 Å². The Hall–Kier alpha value is -3.46. The van der Waals surface area contributed by atoms with E-state index in [0.717, 1.165) is 54.4 Å². The van der Waals surface area contributed by atoms with Crippen molar-refractivity contribution in [2.45, 2.75) is 32.6 Å². The zero-order valence-corrected chi connectivity index (χ0v) is 21.1. The van der Waals surface area contributed by atoms with Crippen LogP contribution in [0.2, 0.25) is 0 Å². The van der Waals surface area contributed by atoms with Crippen molar-refractivity contribution in [3.8, 4) is 11.4 Å². The molecule has 0 amide bonds. The molecule has 9 heteroatoms. The molecule has 1 aliphatic carbocycles. The highest BCUT2D eigenvalue weighted by molar-refractivity contribution is 5.92. The van der Waals surface area contributed by atoms with Crippen molar-refractivity contribution in [3.63, 3.8) is 0 Å². The summed E-state index contributed by atoms with van der Waals surface area (Å²) in [5.74, 6) is 0.120. The second-order valence-electron chi connectivity index (χ2n) is 10.0. The van der Waals surface area contributed by atoms with Crippen LogP contribution in [0.3, 0.4) is 0 Å². The van der Waals surface area contributed by atoms with Gasteiger partial charge >= 0.3 is 5.97 Å². The van der Waals surface area contributed by atoms with E-state index in [1.807, 2.05) is 13.2 Å². The van der Waals surface area contributed by atoms with Gasteiger partial charge in [-0.25, -0.2) is 14.8 Å². The smallest absolute Gasteiger partial charge is 0.359 e. The van der Waals surface area contributed by atoms with E-state index in [9.17, 15) is 4.79 Å². The summed E-state index contributed by atoms with van der Waals surface area (Å²) >= 11 is 0. The second-order valence-corrected chi connectivity index (χ2v) is 10.0. The van der Waals surface area contributed by atoms with E-state index in [0.29, 0.717) is 24.7 Å². The van der Waals surface area contributed by atoms with E-state index in [2.05, 4.69) is 70.4 Å². The molecule has 1 aliphatic heterocycles. The third kappa shape index (κ3) is 4.36. The quantitative estimate of drug-likeness (QED) is 0.562. The number of aryl methyl sites for hydroxylation is 1. The lowest BCUT2D eigenvalue weighted by Gasteiger charge is -2.34. The Balaban J connectivity index is 1.43. The van der Waals surface area contributed by atoms with Gasteiger partial charge in [0.1, 0.15) is 0 Å². The highest BCUT2D eigenvalue weighted by atomic mass is 16.5. The van der Waals surface area contributed by atoms with Crippen molar-refractivity contribution in [3.05, 3.63) is 47.3 Å². The van der Waals surface area contributed by atoms with Crippen LogP contribution in [-0.4, -0.2) is 70.5 Å². The van der Waals surface area contributed by atoms with Crippen LogP contribution in [0.15, 0.2) is 30.5 Å². The van der Waals surface area contributed by atoms with Crippen LogP contribution in [0.25, 0.3) is 11.4 Å². The Labute approximate surface area is 206 Å². The topological polar surface area (TPSA) is 88.4 Å². The largest absolute Gasteiger partial charge is 0.461 e. The standard InChI is InChI=1S/C26H33N7O2/c1-6-35-24(34)22-20-23(32(5)30-22)21-17(15-26(20,2)3)16-27-25(29-21)28-18-7-9-19(10-8-18)33-13-11-31(4)12-14-33/h7-10,16H,6,11-15H2,1-5H3,(H,27,28,29). The third-order valence-electron chi connectivity index (χ3n) is 6.91. The van der Waals surface area contributed by atoms with Crippen molar-refractivity contribution >= 4 is 23.3 Å². The Kier molecular flexibility index (Phi) is 5.96. The summed E-state index contributed by atoms with van der Waals surface area (Å²) in [6.45, 7) is 10.6. The fraction of sp³-hybridized carbons (Fsp3) is 0.462. The third-order valence-corrected chi connectivity index (χ3v) is 6.91. The van der Waals surface area contributed by atoms with E-state index in [-0.39, 0.29) is 5.41 Å². The SMILES string of the molecule is CCOC(=O)c1nn(C)c2c1C(C)(C)Cc1cnc(Nc3ccc(N4CCN(C)CC4)cc3)nc1-2. The summed E-state index contributed by atoms with van der Waals surface area (Å²) in [5.41, 5.74) is 5.79. The van der Waals surface area contributed by atoms with Crippen molar-refractivity contribution in [2.75, 3.05) is 50.1 Å². The Morgan fingerprint density at radius 1 is 1.11 bits per heavy atom. The van der Waals surface area contributed by atoms with Gasteiger partial charge in [-0.05, 0) is 55.6 Å². The van der Waals surface area contributed by atoms with Crippen LogP contribution in [0, 0.1) is 0 Å². The monoisotopic (exact) mass is 475 g/mol. The average Bonchev–Trinajstić information content (AvgIpc) is 3.19. The maximum Gasteiger partial charge on any atom is 0.359 e. The van der Waals surface area contributed by atoms with Gasteiger partial charge in [-0.1, -0.05) is 13.8 Å². The number of esters is 1. The molecule has 1 N–H and O–H groups in total. The van der Waals surface area contributed by atoms with Gasteiger partial charge in [0.15, 0.2) is 5.69 Å². The van der Waals surface area contributed by atoms with Crippen LogP contribution < -0.4 is 10.2 Å². The number of nitrogens with one attached hydrogen (secondary N) is 1. The number of fused-ring (bicyclic) bond motifs is 3. The predicted molar refractivity (Wildman–Crippen MR) is 136 cm³/mol. The number of carbonyl (C=O) groups excluding carboxylic acids is 1. The fourth-order valence-corrected chi connectivity index (χ4v) is 5.09. The number of rotatable bonds is 5. The van der Waals surface area contributed by atoms with Crippen LogP contribution in [-0.2, 0) is 23.6 Å².